The molecule has 0 aromatic carbocycles. The van der Waals surface area contributed by atoms with Gasteiger partial charge in [0.25, 0.3) is 0 Å². The van der Waals surface area contributed by atoms with Crippen LogP contribution in [0.3, 0.4) is 0 Å². The highest BCUT2D eigenvalue weighted by molar-refractivity contribution is 6.05. The Hall–Kier alpha value is -3.40. The highest BCUT2D eigenvalue weighted by atomic mass is 16.2. The largest absolute Gasteiger partial charge is 0.376 e. The summed E-state index contributed by atoms with van der Waals surface area (Å²) in [4.78, 5) is 21.8. The van der Waals surface area contributed by atoms with Gasteiger partial charge in [0.1, 0.15) is 5.41 Å². The van der Waals surface area contributed by atoms with Crippen molar-refractivity contribution < 1.29 is 4.79 Å². The smallest absolute Gasteiger partial charge is 0.248 e. The number of carbonyl (C=O) groups excluding carboxylic acids is 1. The van der Waals surface area contributed by atoms with Crippen LogP contribution in [0.4, 0.5) is 11.4 Å². The first-order chi connectivity index (χ1) is 14.5. The Morgan fingerprint density at radius 3 is 2.70 bits per heavy atom. The Morgan fingerprint density at radius 1 is 1.27 bits per heavy atom. The topological polar surface area (TPSA) is 77.5 Å². The molecule has 0 bridgehead atoms. The standard InChI is InChI=1S/C23H24N6O/c1-15-12-28(22(30)23(15,14-24)17-4-5-17)20-8-9-26-29-13-16(10-21(20)29)19-7-6-18(11-25-19)27(2)3/h6-11,13,15,17H,4-5,12H2,1-3H3/t15-,23+/m1/s1. The predicted octanol–water partition coefficient (Wildman–Crippen LogP) is 3.36. The molecular formula is C23H24N6O. The molecule has 0 unspecified atom stereocenters. The highest BCUT2D eigenvalue weighted by Crippen LogP contribution is 2.54. The van der Waals surface area contributed by atoms with Crippen LogP contribution in [-0.4, -0.2) is 41.1 Å². The molecule has 3 aromatic rings. The first kappa shape index (κ1) is 18.6. The third kappa shape index (κ3) is 2.60. The van der Waals surface area contributed by atoms with Crippen molar-refractivity contribution in [3.8, 4) is 17.3 Å². The maximum atomic E-state index is 13.4. The van der Waals surface area contributed by atoms with Gasteiger partial charge in [-0.1, -0.05) is 6.92 Å². The van der Waals surface area contributed by atoms with Crippen molar-refractivity contribution in [1.29, 1.82) is 5.26 Å². The molecule has 152 valence electrons. The summed E-state index contributed by atoms with van der Waals surface area (Å²) in [6.45, 7) is 2.58. The molecule has 30 heavy (non-hydrogen) atoms. The Kier molecular flexibility index (Phi) is 4.07. The van der Waals surface area contributed by atoms with E-state index in [1.54, 1.807) is 15.6 Å². The minimum atomic E-state index is -0.890. The van der Waals surface area contributed by atoms with Crippen molar-refractivity contribution >= 4 is 22.8 Å². The lowest BCUT2D eigenvalue weighted by Gasteiger charge is -2.23. The first-order valence-electron chi connectivity index (χ1n) is 10.3. The number of nitrogens with zero attached hydrogens (tertiary/aromatic N) is 6. The van der Waals surface area contributed by atoms with E-state index in [1.165, 1.54) is 0 Å². The number of nitriles is 1. The van der Waals surface area contributed by atoms with Crippen molar-refractivity contribution in [2.24, 2.45) is 17.3 Å². The van der Waals surface area contributed by atoms with Gasteiger partial charge in [0.2, 0.25) is 5.91 Å². The first-order valence-corrected chi connectivity index (χ1v) is 10.3. The second kappa shape index (κ2) is 6.56. The van der Waals surface area contributed by atoms with Crippen LogP contribution in [0.15, 0.2) is 42.9 Å². The molecule has 0 radical (unpaired) electrons. The molecule has 7 heteroatoms. The lowest BCUT2D eigenvalue weighted by atomic mass is 9.75. The van der Waals surface area contributed by atoms with Crippen LogP contribution in [0.2, 0.25) is 0 Å². The van der Waals surface area contributed by atoms with Crippen molar-refractivity contribution in [2.45, 2.75) is 19.8 Å². The maximum Gasteiger partial charge on any atom is 0.248 e. The number of pyridine rings is 1. The van der Waals surface area contributed by atoms with E-state index in [2.05, 4.69) is 16.2 Å². The summed E-state index contributed by atoms with van der Waals surface area (Å²) in [6, 6.07) is 10.3. The molecule has 1 aliphatic heterocycles. The third-order valence-corrected chi connectivity index (χ3v) is 6.58. The molecule has 7 nitrogen and oxygen atoms in total. The van der Waals surface area contributed by atoms with Crippen molar-refractivity contribution in [1.82, 2.24) is 14.6 Å². The molecule has 2 atom stereocenters. The van der Waals surface area contributed by atoms with E-state index in [-0.39, 0.29) is 17.7 Å². The minimum absolute atomic E-state index is 0.00499. The monoisotopic (exact) mass is 400 g/mol. The van der Waals surface area contributed by atoms with Gasteiger partial charge < -0.3 is 9.80 Å². The number of aromatic nitrogens is 3. The van der Waals surface area contributed by atoms with Gasteiger partial charge >= 0.3 is 0 Å². The number of anilines is 2. The molecule has 0 N–H and O–H groups in total. The van der Waals surface area contributed by atoms with Gasteiger partial charge in [0.15, 0.2) is 0 Å². The Bertz CT molecular complexity index is 1170. The lowest BCUT2D eigenvalue weighted by Crippen LogP contribution is -2.37. The van der Waals surface area contributed by atoms with E-state index in [0.29, 0.717) is 6.54 Å². The van der Waals surface area contributed by atoms with E-state index < -0.39 is 5.41 Å². The van der Waals surface area contributed by atoms with Crippen molar-refractivity contribution in [3.63, 3.8) is 0 Å². The van der Waals surface area contributed by atoms with Gasteiger partial charge in [-0.25, -0.2) is 4.52 Å². The Labute approximate surface area is 175 Å². The Morgan fingerprint density at radius 2 is 2.07 bits per heavy atom. The molecular weight excluding hydrogens is 376 g/mol. The molecule has 2 aliphatic rings. The van der Waals surface area contributed by atoms with Gasteiger partial charge in [-0.15, -0.1) is 0 Å². The third-order valence-electron chi connectivity index (χ3n) is 6.58. The fraction of sp³-hybridized carbons (Fsp3) is 0.391. The van der Waals surface area contributed by atoms with E-state index in [9.17, 15) is 10.1 Å². The summed E-state index contributed by atoms with van der Waals surface area (Å²) in [6.07, 6.45) is 7.41. The second-order valence-electron chi connectivity index (χ2n) is 8.64. The number of fused-ring (bicyclic) bond motifs is 1. The van der Waals surface area contributed by atoms with E-state index >= 15 is 0 Å². The number of carbonyl (C=O) groups is 1. The molecule has 5 rings (SSSR count). The molecule has 1 saturated heterocycles. The average molecular weight is 400 g/mol. The summed E-state index contributed by atoms with van der Waals surface area (Å²) >= 11 is 0. The molecule has 4 heterocycles. The highest BCUT2D eigenvalue weighted by Gasteiger charge is 2.61. The van der Waals surface area contributed by atoms with Gasteiger partial charge in [-0.05, 0) is 43.0 Å². The number of hydrogen-bond donors (Lipinski definition) is 0. The van der Waals surface area contributed by atoms with E-state index in [0.717, 1.165) is 41.0 Å². The van der Waals surface area contributed by atoms with Crippen molar-refractivity contribution in [3.05, 3.63) is 42.9 Å². The van der Waals surface area contributed by atoms with Crippen LogP contribution in [0.1, 0.15) is 19.8 Å². The fourth-order valence-corrected chi connectivity index (χ4v) is 4.70. The van der Waals surface area contributed by atoms with Crippen LogP contribution in [0.5, 0.6) is 0 Å². The molecule has 1 aliphatic carbocycles. The van der Waals surface area contributed by atoms with Crippen molar-refractivity contribution in [2.75, 3.05) is 30.4 Å². The van der Waals surface area contributed by atoms with Crippen LogP contribution in [0, 0.1) is 28.6 Å². The maximum absolute atomic E-state index is 13.4. The molecule has 2 fully saturated rings. The molecule has 0 spiro atoms. The normalized spacial score (nSPS) is 23.7. The van der Waals surface area contributed by atoms with Gasteiger partial charge in [-0.3, -0.25) is 9.78 Å². The Balaban J connectivity index is 1.55. The van der Waals surface area contributed by atoms with E-state index in [4.69, 9.17) is 0 Å². The average Bonchev–Trinajstić information content (AvgIpc) is 3.44. The summed E-state index contributed by atoms with van der Waals surface area (Å²) < 4.78 is 1.79. The SMILES string of the molecule is C[C@@H]1CN(c2ccnn3cc(-c4ccc(N(C)C)cn4)cc23)C(=O)[C@]1(C#N)C1CC1. The second-order valence-corrected chi connectivity index (χ2v) is 8.64. The summed E-state index contributed by atoms with van der Waals surface area (Å²) in [5, 5.41) is 14.4. The fourth-order valence-electron chi connectivity index (χ4n) is 4.70. The molecule has 1 amide bonds. The van der Waals surface area contributed by atoms with Gasteiger partial charge in [0.05, 0.1) is 34.9 Å². The predicted molar refractivity (Wildman–Crippen MR) is 115 cm³/mol. The van der Waals surface area contributed by atoms with E-state index in [1.807, 2.05) is 62.6 Å². The molecule has 3 aromatic heterocycles. The lowest BCUT2D eigenvalue weighted by molar-refractivity contribution is -0.124. The quantitative estimate of drug-likeness (QED) is 0.671. The zero-order chi connectivity index (χ0) is 21.0. The zero-order valence-electron chi connectivity index (χ0n) is 17.4. The number of amides is 1. The van der Waals surface area contributed by atoms with Crippen LogP contribution >= 0.6 is 0 Å². The van der Waals surface area contributed by atoms with Crippen LogP contribution in [0.25, 0.3) is 16.8 Å². The number of hydrogen-bond acceptors (Lipinski definition) is 5. The minimum Gasteiger partial charge on any atom is -0.376 e. The van der Waals surface area contributed by atoms with Crippen LogP contribution in [-0.2, 0) is 4.79 Å². The molecule has 1 saturated carbocycles. The summed E-state index contributed by atoms with van der Waals surface area (Å²) in [7, 11) is 3.97. The zero-order valence-corrected chi connectivity index (χ0v) is 17.4. The number of rotatable bonds is 4. The van der Waals surface area contributed by atoms with Crippen LogP contribution < -0.4 is 9.80 Å². The summed E-state index contributed by atoms with van der Waals surface area (Å²) in [5.74, 6) is 0.129. The van der Waals surface area contributed by atoms with Gasteiger partial charge in [-0.2, -0.15) is 10.4 Å². The summed E-state index contributed by atoms with van der Waals surface area (Å²) in [5.41, 5.74) is 3.58. The van der Waals surface area contributed by atoms with Gasteiger partial charge in [0, 0.05) is 44.5 Å².